The number of carbonyl (C=O) groups excluding carboxylic acids is 3. The molecule has 0 aliphatic rings. The lowest BCUT2D eigenvalue weighted by atomic mass is 10.2. The maximum atomic E-state index is 12.1. The van der Waals surface area contributed by atoms with Gasteiger partial charge in [-0.2, -0.15) is 0 Å². The van der Waals surface area contributed by atoms with Crippen LogP contribution in [0.5, 0.6) is 5.75 Å². The Kier molecular flexibility index (Phi) is 10.1. The predicted molar refractivity (Wildman–Crippen MR) is 117 cm³/mol. The van der Waals surface area contributed by atoms with Crippen molar-refractivity contribution in [2.75, 3.05) is 25.1 Å². The van der Waals surface area contributed by atoms with Crippen molar-refractivity contribution >= 4 is 23.5 Å². The number of amides is 1. The SMILES string of the molecule is CCCCOC(=O)c1ccc(NC(=O)COC(=O)c2ccc(OCCCC)cc2)cc1. The minimum Gasteiger partial charge on any atom is -0.494 e. The Morgan fingerprint density at radius 2 is 1.29 bits per heavy atom. The molecule has 2 aromatic rings. The van der Waals surface area contributed by atoms with Gasteiger partial charge < -0.3 is 19.5 Å². The van der Waals surface area contributed by atoms with E-state index in [1.807, 2.05) is 6.92 Å². The van der Waals surface area contributed by atoms with Gasteiger partial charge in [0, 0.05) is 5.69 Å². The molecule has 0 aliphatic carbocycles. The normalized spacial score (nSPS) is 10.3. The quantitative estimate of drug-likeness (QED) is 0.393. The van der Waals surface area contributed by atoms with Gasteiger partial charge in [-0.15, -0.1) is 0 Å². The van der Waals surface area contributed by atoms with E-state index in [0.717, 1.165) is 25.7 Å². The van der Waals surface area contributed by atoms with Crippen LogP contribution in [0, 0.1) is 0 Å². The van der Waals surface area contributed by atoms with Crippen molar-refractivity contribution in [1.29, 1.82) is 0 Å². The van der Waals surface area contributed by atoms with Crippen LogP contribution in [-0.2, 0) is 14.3 Å². The number of benzene rings is 2. The summed E-state index contributed by atoms with van der Waals surface area (Å²) >= 11 is 0. The van der Waals surface area contributed by atoms with Crippen molar-refractivity contribution in [1.82, 2.24) is 0 Å². The van der Waals surface area contributed by atoms with E-state index in [9.17, 15) is 14.4 Å². The summed E-state index contributed by atoms with van der Waals surface area (Å²) in [6, 6.07) is 12.9. The number of hydrogen-bond acceptors (Lipinski definition) is 6. The van der Waals surface area contributed by atoms with Gasteiger partial charge in [0.15, 0.2) is 6.61 Å². The van der Waals surface area contributed by atoms with Crippen LogP contribution in [0.2, 0.25) is 0 Å². The highest BCUT2D eigenvalue weighted by molar-refractivity contribution is 5.96. The summed E-state index contributed by atoms with van der Waals surface area (Å²) in [6.45, 7) is 4.69. The first-order valence-corrected chi connectivity index (χ1v) is 10.5. The molecular formula is C24H29NO6. The first kappa shape index (κ1) is 23.9. The van der Waals surface area contributed by atoms with Crippen LogP contribution in [0.4, 0.5) is 5.69 Å². The Balaban J connectivity index is 1.77. The number of unbranched alkanes of at least 4 members (excludes halogenated alkanes) is 2. The summed E-state index contributed by atoms with van der Waals surface area (Å²) in [5, 5.41) is 2.62. The number of nitrogens with one attached hydrogen (secondary N) is 1. The van der Waals surface area contributed by atoms with Gasteiger partial charge in [-0.05, 0) is 61.4 Å². The molecular weight excluding hydrogens is 398 g/mol. The van der Waals surface area contributed by atoms with Crippen LogP contribution in [0.15, 0.2) is 48.5 Å². The lowest BCUT2D eigenvalue weighted by Gasteiger charge is -2.09. The second-order valence-electron chi connectivity index (χ2n) is 6.92. The molecule has 1 amide bonds. The molecule has 2 aromatic carbocycles. The summed E-state index contributed by atoms with van der Waals surface area (Å²) in [5.41, 5.74) is 1.23. The van der Waals surface area contributed by atoms with Crippen molar-refractivity contribution in [2.45, 2.75) is 39.5 Å². The standard InChI is InChI=1S/C24H29NO6/c1-3-5-15-29-21-13-9-19(10-14-21)24(28)31-17-22(26)25-20-11-7-18(8-12-20)23(27)30-16-6-4-2/h7-14H,3-6,15-17H2,1-2H3,(H,25,26). The maximum absolute atomic E-state index is 12.1. The third kappa shape index (κ3) is 8.50. The monoisotopic (exact) mass is 427 g/mol. The Morgan fingerprint density at radius 1 is 0.742 bits per heavy atom. The summed E-state index contributed by atoms with van der Waals surface area (Å²) in [6.07, 6.45) is 3.77. The number of rotatable bonds is 12. The van der Waals surface area contributed by atoms with Crippen LogP contribution in [0.3, 0.4) is 0 Å². The zero-order valence-corrected chi connectivity index (χ0v) is 18.0. The largest absolute Gasteiger partial charge is 0.494 e. The highest BCUT2D eigenvalue weighted by atomic mass is 16.5. The van der Waals surface area contributed by atoms with Gasteiger partial charge in [0.2, 0.25) is 0 Å². The zero-order valence-electron chi connectivity index (χ0n) is 18.0. The molecule has 0 radical (unpaired) electrons. The smallest absolute Gasteiger partial charge is 0.338 e. The molecule has 0 bridgehead atoms. The maximum Gasteiger partial charge on any atom is 0.338 e. The molecule has 0 aliphatic heterocycles. The molecule has 0 fully saturated rings. The van der Waals surface area contributed by atoms with Crippen LogP contribution in [-0.4, -0.2) is 37.7 Å². The van der Waals surface area contributed by atoms with Crippen LogP contribution in [0.25, 0.3) is 0 Å². The molecule has 0 saturated carbocycles. The van der Waals surface area contributed by atoms with E-state index in [0.29, 0.717) is 35.8 Å². The first-order chi connectivity index (χ1) is 15.0. The third-order valence-corrected chi connectivity index (χ3v) is 4.33. The van der Waals surface area contributed by atoms with Crippen LogP contribution in [0.1, 0.15) is 60.2 Å². The molecule has 7 nitrogen and oxygen atoms in total. The second kappa shape index (κ2) is 13.1. The number of hydrogen-bond donors (Lipinski definition) is 1. The number of carbonyl (C=O) groups is 3. The number of esters is 2. The van der Waals surface area contributed by atoms with E-state index in [-0.39, 0.29) is 0 Å². The van der Waals surface area contributed by atoms with Gasteiger partial charge in [0.05, 0.1) is 24.3 Å². The molecule has 0 unspecified atom stereocenters. The molecule has 7 heteroatoms. The summed E-state index contributed by atoms with van der Waals surface area (Å²) in [7, 11) is 0. The van der Waals surface area contributed by atoms with Crippen LogP contribution >= 0.6 is 0 Å². The molecule has 0 heterocycles. The van der Waals surface area contributed by atoms with E-state index >= 15 is 0 Å². The Hall–Kier alpha value is -3.35. The molecule has 166 valence electrons. The zero-order chi connectivity index (χ0) is 22.5. The van der Waals surface area contributed by atoms with E-state index < -0.39 is 24.5 Å². The average molecular weight is 427 g/mol. The fraction of sp³-hybridized carbons (Fsp3) is 0.375. The van der Waals surface area contributed by atoms with E-state index in [2.05, 4.69) is 12.2 Å². The molecule has 1 N–H and O–H groups in total. The number of ether oxygens (including phenoxy) is 3. The van der Waals surface area contributed by atoms with Gasteiger partial charge >= 0.3 is 11.9 Å². The van der Waals surface area contributed by atoms with Gasteiger partial charge in [-0.3, -0.25) is 4.79 Å². The van der Waals surface area contributed by atoms with Crippen LogP contribution < -0.4 is 10.1 Å². The average Bonchev–Trinajstić information content (AvgIpc) is 2.78. The molecule has 31 heavy (non-hydrogen) atoms. The highest BCUT2D eigenvalue weighted by Crippen LogP contribution is 2.14. The molecule has 0 atom stereocenters. The fourth-order valence-corrected chi connectivity index (χ4v) is 2.52. The van der Waals surface area contributed by atoms with Crippen molar-refractivity contribution in [3.8, 4) is 5.75 Å². The molecule has 0 spiro atoms. The second-order valence-corrected chi connectivity index (χ2v) is 6.92. The first-order valence-electron chi connectivity index (χ1n) is 10.5. The lowest BCUT2D eigenvalue weighted by molar-refractivity contribution is -0.119. The van der Waals surface area contributed by atoms with Crippen molar-refractivity contribution in [3.63, 3.8) is 0 Å². The summed E-state index contributed by atoms with van der Waals surface area (Å²) < 4.78 is 15.7. The third-order valence-electron chi connectivity index (χ3n) is 4.33. The van der Waals surface area contributed by atoms with Crippen molar-refractivity contribution < 1.29 is 28.6 Å². The Labute approximate surface area is 182 Å². The predicted octanol–water partition coefficient (Wildman–Crippen LogP) is 4.62. The van der Waals surface area contributed by atoms with E-state index in [4.69, 9.17) is 14.2 Å². The summed E-state index contributed by atoms with van der Waals surface area (Å²) in [4.78, 5) is 36.0. The minimum absolute atomic E-state index is 0.335. The van der Waals surface area contributed by atoms with Gasteiger partial charge in [-0.1, -0.05) is 26.7 Å². The topological polar surface area (TPSA) is 90.9 Å². The van der Waals surface area contributed by atoms with Gasteiger partial charge in [-0.25, -0.2) is 9.59 Å². The minimum atomic E-state index is -0.597. The fourth-order valence-electron chi connectivity index (χ4n) is 2.52. The van der Waals surface area contributed by atoms with E-state index in [1.165, 1.54) is 0 Å². The molecule has 0 saturated heterocycles. The summed E-state index contributed by atoms with van der Waals surface area (Å²) in [5.74, 6) is -0.797. The van der Waals surface area contributed by atoms with Crippen molar-refractivity contribution in [3.05, 3.63) is 59.7 Å². The molecule has 0 aromatic heterocycles. The highest BCUT2D eigenvalue weighted by Gasteiger charge is 2.12. The Morgan fingerprint density at radius 3 is 1.90 bits per heavy atom. The van der Waals surface area contributed by atoms with Crippen molar-refractivity contribution in [2.24, 2.45) is 0 Å². The molecule has 2 rings (SSSR count). The Bertz CT molecular complexity index is 845. The van der Waals surface area contributed by atoms with Gasteiger partial charge in [0.25, 0.3) is 5.91 Å². The van der Waals surface area contributed by atoms with Gasteiger partial charge in [0.1, 0.15) is 5.75 Å². The van der Waals surface area contributed by atoms with E-state index in [1.54, 1.807) is 48.5 Å². The lowest BCUT2D eigenvalue weighted by Crippen LogP contribution is -2.21. The number of anilines is 1.